The molecule has 1 atom stereocenters. The monoisotopic (exact) mass is 532 g/mol. The maximum Gasteiger partial charge on any atom is 0.460 e. The van der Waals surface area contributed by atoms with Gasteiger partial charge in [-0.1, -0.05) is 34.1 Å². The maximum absolute atomic E-state index is 14.0. The summed E-state index contributed by atoms with van der Waals surface area (Å²) in [6, 6.07) is 4.28. The van der Waals surface area contributed by atoms with Gasteiger partial charge in [0.05, 0.1) is 12.0 Å². The molecule has 15 heteroatoms. The van der Waals surface area contributed by atoms with E-state index in [0.717, 1.165) is 18.2 Å². The van der Waals surface area contributed by atoms with E-state index < -0.39 is 53.4 Å². The van der Waals surface area contributed by atoms with Crippen LogP contribution in [0.5, 0.6) is 0 Å². The highest BCUT2D eigenvalue weighted by Crippen LogP contribution is 2.61. The van der Waals surface area contributed by atoms with Crippen LogP contribution in [0.2, 0.25) is 0 Å². The predicted octanol–water partition coefficient (Wildman–Crippen LogP) is 6.79. The van der Waals surface area contributed by atoms with Crippen molar-refractivity contribution in [3.8, 4) is 0 Å². The second-order valence-electron chi connectivity index (χ2n) is 6.43. The van der Waals surface area contributed by atoms with E-state index >= 15 is 0 Å². The summed E-state index contributed by atoms with van der Waals surface area (Å²) < 4.78 is 170. The maximum atomic E-state index is 14.0. The fraction of sp³-hybridized carbons (Fsp3) is 0.600. The molecule has 1 aromatic carbocycles. The van der Waals surface area contributed by atoms with E-state index in [9.17, 15) is 62.2 Å². The summed E-state index contributed by atoms with van der Waals surface area (Å²) in [4.78, 5) is 0. The predicted molar refractivity (Wildman–Crippen MR) is 79.1 cm³/mol. The minimum Gasteiger partial charge on any atom is -0.385 e. The van der Waals surface area contributed by atoms with Gasteiger partial charge >= 0.3 is 35.8 Å². The van der Waals surface area contributed by atoms with Gasteiger partial charge in [0.2, 0.25) is 0 Å². The molecule has 1 N–H and O–H groups in total. The highest BCUT2D eigenvalue weighted by atomic mass is 79.9. The lowest BCUT2D eigenvalue weighted by Gasteiger charge is -2.41. The Morgan fingerprint density at radius 3 is 1.50 bits per heavy atom. The molecule has 0 fully saturated rings. The van der Waals surface area contributed by atoms with Crippen molar-refractivity contribution in [1.29, 1.82) is 0 Å². The summed E-state index contributed by atoms with van der Waals surface area (Å²) in [5.41, 5.74) is -3.75. The molecule has 0 aliphatic rings. The first-order valence-electron chi connectivity index (χ1n) is 7.40. The van der Waals surface area contributed by atoms with Gasteiger partial charge in [-0.25, -0.2) is 0 Å². The molecule has 0 saturated carbocycles. The number of rotatable bonds is 7. The lowest BCUT2D eigenvalue weighted by atomic mass is 9.84. The van der Waals surface area contributed by atoms with Crippen molar-refractivity contribution in [1.82, 2.24) is 0 Å². The molecular formula is C15H10BrF13O. The molecule has 0 radical (unpaired) electrons. The second-order valence-corrected chi connectivity index (χ2v) is 7.28. The molecule has 1 nitrogen and oxygen atoms in total. The van der Waals surface area contributed by atoms with Crippen molar-refractivity contribution in [2.75, 3.05) is 0 Å². The quantitative estimate of drug-likeness (QED) is 0.383. The smallest absolute Gasteiger partial charge is 0.385 e. The first-order chi connectivity index (χ1) is 13.0. The second kappa shape index (κ2) is 7.41. The van der Waals surface area contributed by atoms with Gasteiger partial charge in [-0.15, -0.1) is 0 Å². The van der Waals surface area contributed by atoms with Crippen LogP contribution >= 0.6 is 15.9 Å². The number of benzene rings is 1. The molecule has 0 bridgehead atoms. The lowest BCUT2D eigenvalue weighted by molar-refractivity contribution is -0.441. The molecule has 174 valence electrons. The molecule has 0 heterocycles. The zero-order valence-corrected chi connectivity index (χ0v) is 15.8. The molecule has 0 amide bonds. The van der Waals surface area contributed by atoms with E-state index in [0.29, 0.717) is 6.92 Å². The first-order valence-corrected chi connectivity index (χ1v) is 8.20. The van der Waals surface area contributed by atoms with Crippen LogP contribution in [0.3, 0.4) is 0 Å². The summed E-state index contributed by atoms with van der Waals surface area (Å²) in [5, 5.41) is 10.0. The Balaban J connectivity index is 3.47. The van der Waals surface area contributed by atoms with E-state index in [1.54, 1.807) is 0 Å². The molecule has 0 aromatic heterocycles. The number of halogens is 14. The molecule has 1 aromatic rings. The molecule has 0 aliphatic heterocycles. The average molecular weight is 533 g/mol. The number of aliphatic hydroxyl groups is 1. The Morgan fingerprint density at radius 1 is 0.700 bits per heavy atom. The normalized spacial score (nSPS) is 17.1. The van der Waals surface area contributed by atoms with Crippen LogP contribution in [-0.2, 0) is 5.60 Å². The van der Waals surface area contributed by atoms with Crippen LogP contribution in [0.4, 0.5) is 57.1 Å². The number of hydrogen-bond donors (Lipinski definition) is 1. The third kappa shape index (κ3) is 3.98. The topological polar surface area (TPSA) is 20.2 Å². The van der Waals surface area contributed by atoms with Gasteiger partial charge < -0.3 is 5.11 Å². The highest BCUT2D eigenvalue weighted by Gasteiger charge is 2.90. The SMILES string of the molecule is CC(O)(CC(F)(F)C(F)(F)C(F)(F)C(F)(F)C(F)(F)C(F)(F)F)c1ccccc1Br. The van der Waals surface area contributed by atoms with Crippen molar-refractivity contribution >= 4 is 15.9 Å². The lowest BCUT2D eigenvalue weighted by Crippen LogP contribution is -2.70. The standard InChI is InChI=1S/C15H10BrF13O/c1-9(30,7-4-2-3-5-8(7)16)6-10(17,18)11(19,20)12(21,22)13(23,24)14(25,26)15(27,28)29/h2-5,30H,6H2,1H3. The molecule has 30 heavy (non-hydrogen) atoms. The van der Waals surface area contributed by atoms with Crippen LogP contribution in [0.1, 0.15) is 18.9 Å². The van der Waals surface area contributed by atoms with Crippen LogP contribution < -0.4 is 0 Å². The zero-order valence-electron chi connectivity index (χ0n) is 14.3. The number of hydrogen-bond acceptors (Lipinski definition) is 1. The van der Waals surface area contributed by atoms with Crippen molar-refractivity contribution in [2.45, 2.75) is 54.7 Å². The molecule has 0 spiro atoms. The van der Waals surface area contributed by atoms with Crippen molar-refractivity contribution in [3.63, 3.8) is 0 Å². The van der Waals surface area contributed by atoms with E-state index in [4.69, 9.17) is 0 Å². The Hall–Kier alpha value is -1.25. The molecule has 1 unspecified atom stereocenters. The Kier molecular flexibility index (Phi) is 6.62. The minimum atomic E-state index is -7.97. The molecule has 0 saturated heterocycles. The molecular weight excluding hydrogens is 523 g/mol. The van der Waals surface area contributed by atoms with E-state index in [1.165, 1.54) is 6.07 Å². The molecule has 0 aliphatic carbocycles. The van der Waals surface area contributed by atoms with Crippen LogP contribution in [0.25, 0.3) is 0 Å². The molecule has 1 rings (SSSR count). The van der Waals surface area contributed by atoms with Gasteiger partial charge in [0, 0.05) is 4.47 Å². The summed E-state index contributed by atoms with van der Waals surface area (Å²) in [5.74, 6) is -37.4. The third-order valence-electron chi connectivity index (χ3n) is 4.02. The summed E-state index contributed by atoms with van der Waals surface area (Å²) >= 11 is 2.72. The van der Waals surface area contributed by atoms with Gasteiger partial charge in [0.15, 0.2) is 0 Å². The van der Waals surface area contributed by atoms with Gasteiger partial charge in [-0.2, -0.15) is 57.1 Å². The van der Waals surface area contributed by atoms with Crippen LogP contribution in [0, 0.1) is 0 Å². The van der Waals surface area contributed by atoms with Gasteiger partial charge in [0.1, 0.15) is 0 Å². The third-order valence-corrected chi connectivity index (χ3v) is 4.71. The average Bonchev–Trinajstić information content (AvgIpc) is 2.52. The van der Waals surface area contributed by atoms with Crippen molar-refractivity contribution < 1.29 is 62.2 Å². The van der Waals surface area contributed by atoms with Crippen molar-refractivity contribution in [3.05, 3.63) is 34.3 Å². The van der Waals surface area contributed by atoms with Gasteiger partial charge in [-0.05, 0) is 18.6 Å². The number of alkyl halides is 13. The Labute approximate surface area is 168 Å². The van der Waals surface area contributed by atoms with Gasteiger partial charge in [-0.3, -0.25) is 0 Å². The van der Waals surface area contributed by atoms with Crippen LogP contribution in [0.15, 0.2) is 28.7 Å². The van der Waals surface area contributed by atoms with Crippen LogP contribution in [-0.4, -0.2) is 40.9 Å². The summed E-state index contributed by atoms with van der Waals surface area (Å²) in [7, 11) is 0. The fourth-order valence-electron chi connectivity index (χ4n) is 2.34. The van der Waals surface area contributed by atoms with E-state index in [1.807, 2.05) is 0 Å². The first kappa shape index (κ1) is 26.8. The van der Waals surface area contributed by atoms with Crippen molar-refractivity contribution in [2.24, 2.45) is 0 Å². The Morgan fingerprint density at radius 2 is 1.10 bits per heavy atom. The fourth-order valence-corrected chi connectivity index (χ4v) is 3.05. The minimum absolute atomic E-state index is 0.213. The van der Waals surface area contributed by atoms with Gasteiger partial charge in [0.25, 0.3) is 0 Å². The Bertz CT molecular complexity index is 770. The summed E-state index contributed by atoms with van der Waals surface area (Å²) in [6.45, 7) is 0.387. The zero-order chi connectivity index (χ0) is 24.2. The highest BCUT2D eigenvalue weighted by molar-refractivity contribution is 9.10. The largest absolute Gasteiger partial charge is 0.460 e. The van der Waals surface area contributed by atoms with E-state index in [2.05, 4.69) is 15.9 Å². The summed E-state index contributed by atoms with van der Waals surface area (Å²) in [6.07, 6.45) is -10.2. The van der Waals surface area contributed by atoms with E-state index in [-0.39, 0.29) is 4.47 Å².